The Labute approximate surface area is 141 Å². The first-order valence-electron chi connectivity index (χ1n) is 8.23. The third kappa shape index (κ3) is 3.59. The molecule has 6 nitrogen and oxygen atoms in total. The minimum Gasteiger partial charge on any atom is -0.364 e. The Kier molecular flexibility index (Phi) is 5.15. The van der Waals surface area contributed by atoms with Crippen LogP contribution in [0.5, 0.6) is 0 Å². The second kappa shape index (κ2) is 7.68. The number of hydrogen-bond acceptors (Lipinski definition) is 3. The molecule has 0 aliphatic carbocycles. The normalized spacial score (nSPS) is 11.8. The van der Waals surface area contributed by atoms with Gasteiger partial charge >= 0.3 is 0 Å². The molecule has 0 saturated heterocycles. The van der Waals surface area contributed by atoms with E-state index in [0.29, 0.717) is 6.54 Å². The van der Waals surface area contributed by atoms with Gasteiger partial charge in [-0.25, -0.2) is 0 Å². The van der Waals surface area contributed by atoms with E-state index in [-0.39, 0.29) is 0 Å². The molecule has 0 saturated carbocycles. The molecule has 3 N–H and O–H groups in total. The molecule has 24 heavy (non-hydrogen) atoms. The van der Waals surface area contributed by atoms with Crippen LogP contribution in [-0.2, 0) is 19.4 Å². The van der Waals surface area contributed by atoms with Crippen LogP contribution in [0.3, 0.4) is 0 Å². The number of benzene rings is 1. The average Bonchev–Trinajstić information content (AvgIpc) is 3.27. The quantitative estimate of drug-likeness (QED) is 0.481. The Morgan fingerprint density at radius 1 is 1.25 bits per heavy atom. The van der Waals surface area contributed by atoms with Crippen molar-refractivity contribution >= 4 is 16.9 Å². The zero-order chi connectivity index (χ0) is 16.8. The second-order valence-corrected chi connectivity index (χ2v) is 5.60. The van der Waals surface area contributed by atoms with E-state index in [4.69, 9.17) is 4.52 Å². The summed E-state index contributed by atoms with van der Waals surface area (Å²) in [6.07, 6.45) is 5.64. The summed E-state index contributed by atoms with van der Waals surface area (Å²) in [6.45, 7) is 3.58. The van der Waals surface area contributed by atoms with Gasteiger partial charge in [0.1, 0.15) is 12.0 Å². The van der Waals surface area contributed by atoms with Gasteiger partial charge in [-0.2, -0.15) is 0 Å². The number of nitrogens with one attached hydrogen (secondary N) is 3. The lowest BCUT2D eigenvalue weighted by molar-refractivity contribution is 0.410. The number of rotatable bonds is 6. The third-order valence-corrected chi connectivity index (χ3v) is 4.11. The number of nitrogens with zero attached hydrogens (tertiary/aromatic N) is 2. The molecule has 0 atom stereocenters. The first-order valence-corrected chi connectivity index (χ1v) is 8.23. The number of hydrogen-bond donors (Lipinski definition) is 3. The third-order valence-electron chi connectivity index (χ3n) is 4.11. The van der Waals surface area contributed by atoms with Gasteiger partial charge in [0.25, 0.3) is 0 Å². The SMILES string of the molecule is CCc1cccc2c(CCNC(=NC)NCc3ccon3)c[nH]c12. The smallest absolute Gasteiger partial charge is 0.191 e. The topological polar surface area (TPSA) is 78.2 Å². The van der Waals surface area contributed by atoms with Crippen LogP contribution < -0.4 is 10.6 Å². The number of H-pyrrole nitrogens is 1. The number of aromatic amines is 1. The van der Waals surface area contributed by atoms with E-state index in [0.717, 1.165) is 31.0 Å². The number of guanidine groups is 1. The molecule has 126 valence electrons. The first-order chi connectivity index (χ1) is 11.8. The van der Waals surface area contributed by atoms with Gasteiger partial charge < -0.3 is 20.1 Å². The highest BCUT2D eigenvalue weighted by Crippen LogP contribution is 2.22. The monoisotopic (exact) mass is 325 g/mol. The van der Waals surface area contributed by atoms with Crippen molar-refractivity contribution in [3.63, 3.8) is 0 Å². The molecule has 2 heterocycles. The maximum atomic E-state index is 4.82. The van der Waals surface area contributed by atoms with Gasteiger partial charge in [-0.15, -0.1) is 0 Å². The number of aryl methyl sites for hydroxylation is 1. The zero-order valence-corrected chi connectivity index (χ0v) is 14.1. The molecule has 0 amide bonds. The van der Waals surface area contributed by atoms with Crippen molar-refractivity contribution in [1.29, 1.82) is 0 Å². The fourth-order valence-electron chi connectivity index (χ4n) is 2.82. The van der Waals surface area contributed by atoms with E-state index in [1.165, 1.54) is 22.0 Å². The molecule has 0 unspecified atom stereocenters. The summed E-state index contributed by atoms with van der Waals surface area (Å²) in [4.78, 5) is 7.64. The van der Waals surface area contributed by atoms with Gasteiger partial charge in [0.2, 0.25) is 0 Å². The molecule has 1 aromatic carbocycles. The lowest BCUT2D eigenvalue weighted by Crippen LogP contribution is -2.37. The van der Waals surface area contributed by atoms with Crippen molar-refractivity contribution in [1.82, 2.24) is 20.8 Å². The van der Waals surface area contributed by atoms with Crippen molar-refractivity contribution in [2.24, 2.45) is 4.99 Å². The summed E-state index contributed by atoms with van der Waals surface area (Å²) in [7, 11) is 1.76. The average molecular weight is 325 g/mol. The summed E-state index contributed by atoms with van der Waals surface area (Å²) < 4.78 is 4.82. The maximum Gasteiger partial charge on any atom is 0.191 e. The fourth-order valence-corrected chi connectivity index (χ4v) is 2.82. The fraction of sp³-hybridized carbons (Fsp3) is 0.333. The predicted octanol–water partition coefficient (Wildman–Crippen LogP) is 2.63. The van der Waals surface area contributed by atoms with Crippen LogP contribution in [0.4, 0.5) is 0 Å². The molecule has 3 aromatic rings. The summed E-state index contributed by atoms with van der Waals surface area (Å²) in [5.41, 5.74) is 4.78. The first kappa shape index (κ1) is 16.1. The summed E-state index contributed by atoms with van der Waals surface area (Å²) in [5.74, 6) is 0.757. The Morgan fingerprint density at radius 3 is 2.92 bits per heavy atom. The minimum atomic E-state index is 0.586. The molecule has 3 rings (SSSR count). The number of fused-ring (bicyclic) bond motifs is 1. The van der Waals surface area contributed by atoms with Gasteiger partial charge in [-0.1, -0.05) is 30.3 Å². The van der Waals surface area contributed by atoms with E-state index in [2.05, 4.69) is 57.1 Å². The van der Waals surface area contributed by atoms with Crippen LogP contribution >= 0.6 is 0 Å². The highest BCUT2D eigenvalue weighted by molar-refractivity contribution is 5.86. The van der Waals surface area contributed by atoms with Gasteiger partial charge in [0.15, 0.2) is 5.96 Å². The molecular formula is C18H23N5O. The van der Waals surface area contributed by atoms with Crippen molar-refractivity contribution in [3.8, 4) is 0 Å². The molecule has 0 fully saturated rings. The zero-order valence-electron chi connectivity index (χ0n) is 14.1. The van der Waals surface area contributed by atoms with Crippen molar-refractivity contribution in [2.45, 2.75) is 26.3 Å². The number of para-hydroxylation sites is 1. The van der Waals surface area contributed by atoms with Crippen LogP contribution in [0.15, 0.2) is 46.2 Å². The van der Waals surface area contributed by atoms with Gasteiger partial charge in [-0.05, 0) is 24.0 Å². The van der Waals surface area contributed by atoms with Gasteiger partial charge in [-0.3, -0.25) is 4.99 Å². The molecule has 0 aliphatic rings. The van der Waals surface area contributed by atoms with Crippen LogP contribution in [0.25, 0.3) is 10.9 Å². The molecular weight excluding hydrogens is 302 g/mol. The van der Waals surface area contributed by atoms with E-state index in [9.17, 15) is 0 Å². The maximum absolute atomic E-state index is 4.82. The number of aromatic nitrogens is 2. The molecule has 0 spiro atoms. The Morgan fingerprint density at radius 2 is 2.17 bits per heavy atom. The lowest BCUT2D eigenvalue weighted by atomic mass is 10.1. The standard InChI is InChI=1S/C18H23N5O/c1-3-13-5-4-6-16-14(11-21-17(13)16)7-9-20-18(19-2)22-12-15-8-10-24-23-15/h4-6,8,10-11,21H,3,7,9,12H2,1-2H3,(H2,19,20,22). The largest absolute Gasteiger partial charge is 0.364 e. The van der Waals surface area contributed by atoms with Crippen molar-refractivity contribution in [2.75, 3.05) is 13.6 Å². The van der Waals surface area contributed by atoms with E-state index in [1.807, 2.05) is 6.07 Å². The van der Waals surface area contributed by atoms with E-state index < -0.39 is 0 Å². The van der Waals surface area contributed by atoms with Crippen LogP contribution in [0, 0.1) is 0 Å². The van der Waals surface area contributed by atoms with Gasteiger partial charge in [0, 0.05) is 36.8 Å². The van der Waals surface area contributed by atoms with Crippen LogP contribution in [-0.4, -0.2) is 29.7 Å². The minimum absolute atomic E-state index is 0.586. The second-order valence-electron chi connectivity index (χ2n) is 5.60. The Hall–Kier alpha value is -2.76. The highest BCUT2D eigenvalue weighted by Gasteiger charge is 2.07. The molecule has 0 bridgehead atoms. The molecule has 0 radical (unpaired) electrons. The predicted molar refractivity (Wildman–Crippen MR) is 96.1 cm³/mol. The van der Waals surface area contributed by atoms with Crippen LogP contribution in [0.2, 0.25) is 0 Å². The van der Waals surface area contributed by atoms with Crippen molar-refractivity contribution in [3.05, 3.63) is 53.5 Å². The van der Waals surface area contributed by atoms with E-state index in [1.54, 1.807) is 13.3 Å². The highest BCUT2D eigenvalue weighted by atomic mass is 16.5. The summed E-state index contributed by atoms with van der Waals surface area (Å²) in [5, 5.41) is 11.7. The molecule has 6 heteroatoms. The summed E-state index contributed by atoms with van der Waals surface area (Å²) >= 11 is 0. The number of aliphatic imine (C=N–C) groups is 1. The lowest BCUT2D eigenvalue weighted by Gasteiger charge is -2.10. The molecule has 2 aromatic heterocycles. The Balaban J connectivity index is 1.55. The summed E-state index contributed by atoms with van der Waals surface area (Å²) in [6, 6.07) is 8.32. The van der Waals surface area contributed by atoms with Crippen molar-refractivity contribution < 1.29 is 4.52 Å². The van der Waals surface area contributed by atoms with Crippen LogP contribution in [0.1, 0.15) is 23.7 Å². The molecule has 0 aliphatic heterocycles. The Bertz CT molecular complexity index is 804. The van der Waals surface area contributed by atoms with Gasteiger partial charge in [0.05, 0.1) is 6.54 Å². The van der Waals surface area contributed by atoms with E-state index >= 15 is 0 Å².